The van der Waals surface area contributed by atoms with Crippen LogP contribution in [0.5, 0.6) is 0 Å². The Hall–Kier alpha value is -1.94. The number of fused-ring (bicyclic) bond motifs is 1. The Morgan fingerprint density at radius 3 is 2.62 bits per heavy atom. The van der Waals surface area contributed by atoms with E-state index in [1.165, 1.54) is 4.52 Å². The molecule has 4 heterocycles. The highest BCUT2D eigenvalue weighted by molar-refractivity contribution is 5.48. The van der Waals surface area contributed by atoms with E-state index in [4.69, 9.17) is 4.74 Å². The average molecular weight is 370 g/mol. The van der Waals surface area contributed by atoms with Gasteiger partial charge in [0.15, 0.2) is 0 Å². The zero-order valence-electron chi connectivity index (χ0n) is 14.5. The minimum atomic E-state index is -4.58. The SMILES string of the molecule is Cc1cc(N2CCN(CC3CCOC3)CC2)n2nc(C(F)(F)F)nc2n1. The molecule has 0 aromatic carbocycles. The number of anilines is 1. The quantitative estimate of drug-likeness (QED) is 0.818. The molecule has 2 saturated heterocycles. The first kappa shape index (κ1) is 17.5. The van der Waals surface area contributed by atoms with Crippen LogP contribution in [0.1, 0.15) is 17.9 Å². The molecule has 0 bridgehead atoms. The van der Waals surface area contributed by atoms with Gasteiger partial charge in [-0.25, -0.2) is 4.98 Å². The largest absolute Gasteiger partial charge is 0.453 e. The van der Waals surface area contributed by atoms with Crippen LogP contribution in [0.3, 0.4) is 0 Å². The number of halogens is 3. The lowest BCUT2D eigenvalue weighted by atomic mass is 10.1. The highest BCUT2D eigenvalue weighted by Crippen LogP contribution is 2.28. The third-order valence-electron chi connectivity index (χ3n) is 4.91. The molecular formula is C16H21F3N6O. The third-order valence-corrected chi connectivity index (χ3v) is 4.91. The van der Waals surface area contributed by atoms with Gasteiger partial charge in [0.2, 0.25) is 0 Å². The lowest BCUT2D eigenvalue weighted by molar-refractivity contribution is -0.144. The van der Waals surface area contributed by atoms with E-state index in [1.54, 1.807) is 13.0 Å². The third kappa shape index (κ3) is 3.48. The second kappa shape index (κ2) is 6.66. The number of hydrogen-bond donors (Lipinski definition) is 0. The van der Waals surface area contributed by atoms with E-state index in [2.05, 4.69) is 24.9 Å². The summed E-state index contributed by atoms with van der Waals surface area (Å²) in [7, 11) is 0. The van der Waals surface area contributed by atoms with Crippen LogP contribution in [0.15, 0.2) is 6.07 Å². The molecule has 1 unspecified atom stereocenters. The highest BCUT2D eigenvalue weighted by atomic mass is 19.4. The predicted molar refractivity (Wildman–Crippen MR) is 88.1 cm³/mol. The summed E-state index contributed by atoms with van der Waals surface area (Å²) < 4.78 is 45.5. The summed E-state index contributed by atoms with van der Waals surface area (Å²) in [4.78, 5) is 12.1. The molecule has 0 saturated carbocycles. The summed E-state index contributed by atoms with van der Waals surface area (Å²) >= 11 is 0. The van der Waals surface area contributed by atoms with Crippen LogP contribution in [-0.4, -0.2) is 70.4 Å². The summed E-state index contributed by atoms with van der Waals surface area (Å²) in [5.74, 6) is 0.0232. The summed E-state index contributed by atoms with van der Waals surface area (Å²) in [6, 6.07) is 1.77. The second-order valence-corrected chi connectivity index (χ2v) is 6.92. The number of hydrogen-bond acceptors (Lipinski definition) is 6. The van der Waals surface area contributed by atoms with Crippen molar-refractivity contribution >= 4 is 11.6 Å². The first-order valence-electron chi connectivity index (χ1n) is 8.77. The minimum Gasteiger partial charge on any atom is -0.381 e. The Balaban J connectivity index is 1.52. The summed E-state index contributed by atoms with van der Waals surface area (Å²) in [6.07, 6.45) is -3.48. The maximum absolute atomic E-state index is 12.9. The van der Waals surface area contributed by atoms with Gasteiger partial charge in [-0.15, -0.1) is 5.10 Å². The van der Waals surface area contributed by atoms with Gasteiger partial charge in [0.05, 0.1) is 6.61 Å². The molecule has 2 aliphatic rings. The Labute approximate surface area is 148 Å². The van der Waals surface area contributed by atoms with Crippen molar-refractivity contribution in [1.29, 1.82) is 0 Å². The lowest BCUT2D eigenvalue weighted by Crippen LogP contribution is -2.48. The molecule has 26 heavy (non-hydrogen) atoms. The van der Waals surface area contributed by atoms with E-state index >= 15 is 0 Å². The zero-order chi connectivity index (χ0) is 18.3. The van der Waals surface area contributed by atoms with Crippen molar-refractivity contribution in [3.63, 3.8) is 0 Å². The standard InChI is InChI=1S/C16H21F3N6O/c1-11-8-13(25-15(20-11)21-14(22-25)16(17,18)19)24-5-3-23(4-6-24)9-12-2-7-26-10-12/h8,12H,2-7,9-10H2,1H3. The molecule has 10 heteroatoms. The summed E-state index contributed by atoms with van der Waals surface area (Å²) in [5, 5.41) is 3.65. The predicted octanol–water partition coefficient (Wildman–Crippen LogP) is 1.61. The van der Waals surface area contributed by atoms with Crippen molar-refractivity contribution in [1.82, 2.24) is 24.5 Å². The maximum Gasteiger partial charge on any atom is 0.453 e. The van der Waals surface area contributed by atoms with Gasteiger partial charge in [0, 0.05) is 51.1 Å². The molecule has 0 radical (unpaired) electrons. The average Bonchev–Trinajstić information content (AvgIpc) is 3.23. The van der Waals surface area contributed by atoms with Gasteiger partial charge in [-0.2, -0.15) is 22.7 Å². The Bertz CT molecular complexity index is 778. The van der Waals surface area contributed by atoms with Gasteiger partial charge in [-0.3, -0.25) is 4.90 Å². The van der Waals surface area contributed by atoms with E-state index in [-0.39, 0.29) is 5.78 Å². The molecular weight excluding hydrogens is 349 g/mol. The monoisotopic (exact) mass is 370 g/mol. The van der Waals surface area contributed by atoms with E-state index < -0.39 is 12.0 Å². The smallest absolute Gasteiger partial charge is 0.381 e. The van der Waals surface area contributed by atoms with Gasteiger partial charge in [-0.1, -0.05) is 0 Å². The van der Waals surface area contributed by atoms with Crippen molar-refractivity contribution in [2.24, 2.45) is 5.92 Å². The van der Waals surface area contributed by atoms with Crippen LogP contribution in [-0.2, 0) is 10.9 Å². The number of ether oxygens (including phenoxy) is 1. The van der Waals surface area contributed by atoms with Crippen molar-refractivity contribution in [3.05, 3.63) is 17.6 Å². The molecule has 2 aromatic rings. The van der Waals surface area contributed by atoms with Gasteiger partial charge in [0.25, 0.3) is 11.6 Å². The van der Waals surface area contributed by atoms with Crippen LogP contribution < -0.4 is 4.90 Å². The minimum absolute atomic E-state index is 0.0159. The number of piperazine rings is 1. The van der Waals surface area contributed by atoms with Crippen molar-refractivity contribution in [2.75, 3.05) is 50.8 Å². The molecule has 2 aromatic heterocycles. The van der Waals surface area contributed by atoms with E-state index in [0.29, 0.717) is 17.4 Å². The van der Waals surface area contributed by atoms with E-state index in [9.17, 15) is 13.2 Å². The number of aryl methyl sites for hydroxylation is 1. The fourth-order valence-corrected chi connectivity index (χ4v) is 3.57. The number of aromatic nitrogens is 4. The molecule has 1 atom stereocenters. The van der Waals surface area contributed by atoms with Gasteiger partial charge < -0.3 is 9.64 Å². The first-order valence-corrected chi connectivity index (χ1v) is 8.77. The molecule has 0 N–H and O–H groups in total. The van der Waals surface area contributed by atoms with Crippen LogP contribution in [0.25, 0.3) is 5.78 Å². The number of nitrogens with zero attached hydrogens (tertiary/aromatic N) is 6. The molecule has 7 nitrogen and oxygen atoms in total. The Morgan fingerprint density at radius 2 is 1.96 bits per heavy atom. The van der Waals surface area contributed by atoms with Gasteiger partial charge >= 0.3 is 6.18 Å². The zero-order valence-corrected chi connectivity index (χ0v) is 14.5. The van der Waals surface area contributed by atoms with Crippen LogP contribution in [0.4, 0.5) is 19.0 Å². The number of alkyl halides is 3. The molecule has 2 aliphatic heterocycles. The number of rotatable bonds is 3. The topological polar surface area (TPSA) is 58.8 Å². The Kier molecular flexibility index (Phi) is 4.47. The van der Waals surface area contributed by atoms with Gasteiger partial charge in [0.1, 0.15) is 5.82 Å². The molecule has 0 spiro atoms. The molecule has 142 valence electrons. The second-order valence-electron chi connectivity index (χ2n) is 6.92. The summed E-state index contributed by atoms with van der Waals surface area (Å²) in [6.45, 7) is 7.61. The van der Waals surface area contributed by atoms with Crippen LogP contribution in [0, 0.1) is 12.8 Å². The van der Waals surface area contributed by atoms with Crippen LogP contribution >= 0.6 is 0 Å². The van der Waals surface area contributed by atoms with Crippen molar-refractivity contribution in [2.45, 2.75) is 19.5 Å². The van der Waals surface area contributed by atoms with E-state index in [1.807, 2.05) is 0 Å². The van der Waals surface area contributed by atoms with E-state index in [0.717, 1.165) is 52.4 Å². The fraction of sp³-hybridized carbons (Fsp3) is 0.688. The van der Waals surface area contributed by atoms with Crippen molar-refractivity contribution < 1.29 is 17.9 Å². The maximum atomic E-state index is 12.9. The highest BCUT2D eigenvalue weighted by Gasteiger charge is 2.37. The molecule has 2 fully saturated rings. The summed E-state index contributed by atoms with van der Waals surface area (Å²) in [5.41, 5.74) is 0.624. The molecule has 0 aliphatic carbocycles. The molecule has 4 rings (SSSR count). The fourth-order valence-electron chi connectivity index (χ4n) is 3.57. The normalized spacial score (nSPS) is 22.5. The Morgan fingerprint density at radius 1 is 1.19 bits per heavy atom. The van der Waals surface area contributed by atoms with Gasteiger partial charge in [-0.05, 0) is 19.3 Å². The van der Waals surface area contributed by atoms with Crippen LogP contribution in [0.2, 0.25) is 0 Å². The lowest BCUT2D eigenvalue weighted by Gasteiger charge is -2.36. The van der Waals surface area contributed by atoms with Crippen molar-refractivity contribution in [3.8, 4) is 0 Å². The molecule has 0 amide bonds. The first-order chi connectivity index (χ1) is 12.4.